The van der Waals surface area contributed by atoms with Crippen molar-refractivity contribution in [2.75, 3.05) is 31.6 Å². The normalized spacial score (nSPS) is 26.2. The molecule has 0 aromatic carbocycles. The maximum atomic E-state index is 6.06. The number of aryl methyl sites for hydroxylation is 1. The van der Waals surface area contributed by atoms with Crippen LogP contribution >= 0.6 is 24.0 Å². The maximum absolute atomic E-state index is 6.06. The molecular formula is C23H38IN5O. The minimum absolute atomic E-state index is 0. The zero-order valence-corrected chi connectivity index (χ0v) is 21.0. The van der Waals surface area contributed by atoms with Gasteiger partial charge in [0.05, 0.1) is 6.10 Å². The fourth-order valence-electron chi connectivity index (χ4n) is 5.58. The first-order chi connectivity index (χ1) is 14.1. The first-order valence-electron chi connectivity index (χ1n) is 11.4. The van der Waals surface area contributed by atoms with Crippen molar-refractivity contribution in [1.82, 2.24) is 15.6 Å². The summed E-state index contributed by atoms with van der Waals surface area (Å²) < 4.78 is 6.06. The van der Waals surface area contributed by atoms with E-state index < -0.39 is 0 Å². The average Bonchev–Trinajstić information content (AvgIpc) is 3.26. The molecule has 168 valence electrons. The number of hydrogen-bond donors (Lipinski definition) is 2. The van der Waals surface area contributed by atoms with Crippen molar-refractivity contribution < 1.29 is 4.74 Å². The van der Waals surface area contributed by atoms with Gasteiger partial charge in [0.2, 0.25) is 0 Å². The number of hydrogen-bond acceptors (Lipinski definition) is 4. The van der Waals surface area contributed by atoms with Gasteiger partial charge in [-0.25, -0.2) is 4.98 Å². The molecule has 2 aliphatic carbocycles. The smallest absolute Gasteiger partial charge is 0.191 e. The molecule has 1 aliphatic heterocycles. The van der Waals surface area contributed by atoms with Gasteiger partial charge in [0.25, 0.3) is 0 Å². The van der Waals surface area contributed by atoms with Crippen LogP contribution in [0.3, 0.4) is 0 Å². The summed E-state index contributed by atoms with van der Waals surface area (Å²) in [6.07, 6.45) is 8.98. The van der Waals surface area contributed by atoms with Crippen molar-refractivity contribution >= 4 is 35.8 Å². The summed E-state index contributed by atoms with van der Waals surface area (Å²) in [5.74, 6) is 2.06. The van der Waals surface area contributed by atoms with E-state index in [0.29, 0.717) is 23.6 Å². The van der Waals surface area contributed by atoms with Crippen LogP contribution in [-0.2, 0) is 4.74 Å². The number of nitrogens with zero attached hydrogens (tertiary/aromatic N) is 3. The van der Waals surface area contributed by atoms with E-state index in [0.717, 1.165) is 56.4 Å². The van der Waals surface area contributed by atoms with Crippen molar-refractivity contribution in [1.29, 1.82) is 0 Å². The molecular weight excluding hydrogens is 489 g/mol. The summed E-state index contributed by atoms with van der Waals surface area (Å²) in [5.41, 5.74) is 1.41. The molecule has 2 heterocycles. The van der Waals surface area contributed by atoms with Gasteiger partial charge in [0.15, 0.2) is 5.96 Å². The third-order valence-electron chi connectivity index (χ3n) is 7.26. The second-order valence-electron chi connectivity index (χ2n) is 8.93. The third kappa shape index (κ3) is 4.87. The molecule has 3 aliphatic rings. The van der Waals surface area contributed by atoms with E-state index in [9.17, 15) is 0 Å². The first-order valence-corrected chi connectivity index (χ1v) is 11.4. The Morgan fingerprint density at radius 3 is 2.60 bits per heavy atom. The zero-order chi connectivity index (χ0) is 20.3. The van der Waals surface area contributed by atoms with E-state index in [1.807, 2.05) is 7.05 Å². The van der Waals surface area contributed by atoms with Crippen LogP contribution in [0.4, 0.5) is 5.82 Å². The maximum Gasteiger partial charge on any atom is 0.191 e. The Kier molecular flexibility index (Phi) is 8.24. The SMILES string of the molecule is CCOC1CC(NC(=NC)NC2CCN(c3cccc(C)n3)CC2)C12CCCC2.I. The fraction of sp³-hybridized carbons (Fsp3) is 0.739. The number of aliphatic imine (C=N–C) groups is 1. The van der Waals surface area contributed by atoms with Crippen molar-refractivity contribution in [3.05, 3.63) is 23.9 Å². The molecule has 6 nitrogen and oxygen atoms in total. The summed E-state index contributed by atoms with van der Waals surface area (Å²) >= 11 is 0. The number of guanidine groups is 1. The number of rotatable bonds is 5. The zero-order valence-electron chi connectivity index (χ0n) is 18.7. The van der Waals surface area contributed by atoms with Gasteiger partial charge in [-0.2, -0.15) is 0 Å². The first kappa shape index (κ1) is 23.6. The number of nitrogens with one attached hydrogen (secondary N) is 2. The van der Waals surface area contributed by atoms with Gasteiger partial charge in [-0.05, 0) is 58.1 Å². The van der Waals surface area contributed by atoms with E-state index in [1.54, 1.807) is 0 Å². The largest absolute Gasteiger partial charge is 0.378 e. The molecule has 2 N–H and O–H groups in total. The molecule has 2 unspecified atom stereocenters. The lowest BCUT2D eigenvalue weighted by atomic mass is 9.60. The quantitative estimate of drug-likeness (QED) is 0.346. The molecule has 0 bridgehead atoms. The topological polar surface area (TPSA) is 61.8 Å². The van der Waals surface area contributed by atoms with Crippen LogP contribution < -0.4 is 15.5 Å². The van der Waals surface area contributed by atoms with E-state index in [-0.39, 0.29) is 24.0 Å². The molecule has 1 aromatic heterocycles. The Bertz CT molecular complexity index is 713. The van der Waals surface area contributed by atoms with Crippen LogP contribution in [0.25, 0.3) is 0 Å². The third-order valence-corrected chi connectivity index (χ3v) is 7.26. The van der Waals surface area contributed by atoms with Gasteiger partial charge in [-0.3, -0.25) is 4.99 Å². The number of halogens is 1. The predicted octanol–water partition coefficient (Wildman–Crippen LogP) is 3.88. The van der Waals surface area contributed by atoms with Crippen LogP contribution in [0.15, 0.2) is 23.2 Å². The molecule has 7 heteroatoms. The monoisotopic (exact) mass is 527 g/mol. The minimum atomic E-state index is 0. The molecule has 4 rings (SSSR count). The van der Waals surface area contributed by atoms with Gasteiger partial charge >= 0.3 is 0 Å². The Morgan fingerprint density at radius 1 is 1.23 bits per heavy atom. The number of piperidine rings is 1. The van der Waals surface area contributed by atoms with E-state index in [1.165, 1.54) is 25.7 Å². The fourth-order valence-corrected chi connectivity index (χ4v) is 5.58. The molecule has 3 fully saturated rings. The molecule has 0 amide bonds. The van der Waals surface area contributed by atoms with E-state index >= 15 is 0 Å². The molecule has 30 heavy (non-hydrogen) atoms. The van der Waals surface area contributed by atoms with Crippen molar-refractivity contribution in [2.24, 2.45) is 10.4 Å². The van der Waals surface area contributed by atoms with Crippen LogP contribution in [0.1, 0.15) is 57.6 Å². The van der Waals surface area contributed by atoms with Gasteiger partial charge in [-0.1, -0.05) is 18.9 Å². The summed E-state index contributed by atoms with van der Waals surface area (Å²) in [6, 6.07) is 7.23. The van der Waals surface area contributed by atoms with Crippen molar-refractivity contribution in [3.63, 3.8) is 0 Å². The van der Waals surface area contributed by atoms with Gasteiger partial charge in [0, 0.05) is 49.9 Å². The summed E-state index contributed by atoms with van der Waals surface area (Å²) in [4.78, 5) is 11.6. The lowest BCUT2D eigenvalue weighted by Crippen LogP contribution is -2.65. The second kappa shape index (κ2) is 10.5. The highest BCUT2D eigenvalue weighted by Crippen LogP contribution is 2.54. The molecule has 2 saturated carbocycles. The Labute approximate surface area is 198 Å². The molecule has 2 atom stereocenters. The highest BCUT2D eigenvalue weighted by atomic mass is 127. The number of anilines is 1. The Hall–Kier alpha value is -1.09. The Balaban J connectivity index is 0.00000256. The highest BCUT2D eigenvalue weighted by molar-refractivity contribution is 14.0. The number of ether oxygens (including phenoxy) is 1. The number of aromatic nitrogens is 1. The van der Waals surface area contributed by atoms with Gasteiger partial charge < -0.3 is 20.3 Å². The minimum Gasteiger partial charge on any atom is -0.378 e. The molecule has 0 radical (unpaired) electrons. The van der Waals surface area contributed by atoms with Gasteiger partial charge in [-0.15, -0.1) is 24.0 Å². The van der Waals surface area contributed by atoms with Crippen LogP contribution in [0.5, 0.6) is 0 Å². The molecule has 1 aromatic rings. The summed E-state index contributed by atoms with van der Waals surface area (Å²) in [5, 5.41) is 7.45. The van der Waals surface area contributed by atoms with Crippen molar-refractivity contribution in [3.8, 4) is 0 Å². The molecule has 1 saturated heterocycles. The molecule has 1 spiro atoms. The lowest BCUT2D eigenvalue weighted by molar-refractivity contribution is -0.125. The van der Waals surface area contributed by atoms with E-state index in [4.69, 9.17) is 4.74 Å². The van der Waals surface area contributed by atoms with Crippen LogP contribution in [0, 0.1) is 12.3 Å². The van der Waals surface area contributed by atoms with E-state index in [2.05, 4.69) is 57.6 Å². The van der Waals surface area contributed by atoms with Crippen LogP contribution in [0.2, 0.25) is 0 Å². The van der Waals surface area contributed by atoms with Crippen molar-refractivity contribution in [2.45, 2.75) is 77.0 Å². The highest BCUT2D eigenvalue weighted by Gasteiger charge is 2.57. The number of pyridine rings is 1. The summed E-state index contributed by atoms with van der Waals surface area (Å²) in [6.45, 7) is 7.06. The predicted molar refractivity (Wildman–Crippen MR) is 134 cm³/mol. The Morgan fingerprint density at radius 2 is 1.97 bits per heavy atom. The average molecular weight is 527 g/mol. The standard InChI is InChI=1S/C23H37N5O.HI/c1-4-29-20-16-19(23(20)12-5-6-13-23)27-22(24-3)26-18-10-14-28(15-11-18)21-9-7-8-17(2)25-21;/h7-9,18-20H,4-6,10-16H2,1-3H3,(H2,24,26,27);1H. The van der Waals surface area contributed by atoms with Gasteiger partial charge in [0.1, 0.15) is 5.82 Å². The lowest BCUT2D eigenvalue weighted by Gasteiger charge is -2.54. The second-order valence-corrected chi connectivity index (χ2v) is 8.93. The summed E-state index contributed by atoms with van der Waals surface area (Å²) in [7, 11) is 1.89. The van der Waals surface area contributed by atoms with Crippen LogP contribution in [-0.4, -0.2) is 55.9 Å².